The van der Waals surface area contributed by atoms with E-state index >= 15 is 0 Å². The number of rotatable bonds is 2. The highest BCUT2D eigenvalue weighted by Crippen LogP contribution is 2.19. The van der Waals surface area contributed by atoms with E-state index in [0.29, 0.717) is 13.1 Å². The molecule has 0 amide bonds. The van der Waals surface area contributed by atoms with Crippen LogP contribution in [-0.4, -0.2) is 42.9 Å². The number of piperazine rings is 1. The van der Waals surface area contributed by atoms with Crippen LogP contribution >= 0.6 is 12.4 Å². The molecule has 0 saturated carbocycles. The largest absolute Gasteiger partial charge is 0.311 e. The Hall–Kier alpha value is -0.690. The fourth-order valence-corrected chi connectivity index (χ4v) is 3.64. The summed E-state index contributed by atoms with van der Waals surface area (Å²) in [5.41, 5.74) is 0. The maximum Gasteiger partial charge on any atom is 0.244 e. The van der Waals surface area contributed by atoms with E-state index in [2.05, 4.69) is 10.3 Å². The third-order valence-electron chi connectivity index (χ3n) is 2.95. The first kappa shape index (κ1) is 15.4. The topological polar surface area (TPSA) is 62.3 Å². The molecule has 18 heavy (non-hydrogen) atoms. The first-order chi connectivity index (χ1) is 8.01. The molecule has 2 unspecified atom stereocenters. The molecular weight excluding hydrogens is 274 g/mol. The predicted octanol–water partition coefficient (Wildman–Crippen LogP) is 0.874. The third-order valence-corrected chi connectivity index (χ3v) is 4.91. The summed E-state index contributed by atoms with van der Waals surface area (Å²) >= 11 is 0. The Morgan fingerprint density at radius 1 is 1.44 bits per heavy atom. The molecule has 5 nitrogen and oxygen atoms in total. The molecule has 1 fully saturated rings. The van der Waals surface area contributed by atoms with Gasteiger partial charge in [-0.05, 0) is 26.0 Å². The van der Waals surface area contributed by atoms with Gasteiger partial charge in [-0.3, -0.25) is 4.98 Å². The number of hydrogen-bond donors (Lipinski definition) is 1. The smallest absolute Gasteiger partial charge is 0.244 e. The van der Waals surface area contributed by atoms with Crippen molar-refractivity contribution in [2.24, 2.45) is 0 Å². The molecule has 102 valence electrons. The molecular formula is C11H18ClN3O2S. The first-order valence-electron chi connectivity index (χ1n) is 5.67. The van der Waals surface area contributed by atoms with E-state index in [1.807, 2.05) is 13.8 Å². The number of sulfonamides is 1. The molecule has 1 saturated heterocycles. The van der Waals surface area contributed by atoms with Gasteiger partial charge in [-0.25, -0.2) is 8.42 Å². The zero-order valence-electron chi connectivity index (χ0n) is 10.4. The van der Waals surface area contributed by atoms with Gasteiger partial charge in [0, 0.05) is 37.6 Å². The van der Waals surface area contributed by atoms with Gasteiger partial charge in [0.1, 0.15) is 4.90 Å². The van der Waals surface area contributed by atoms with Crippen molar-refractivity contribution in [1.29, 1.82) is 0 Å². The van der Waals surface area contributed by atoms with E-state index in [1.165, 1.54) is 6.20 Å². The summed E-state index contributed by atoms with van der Waals surface area (Å²) < 4.78 is 26.3. The molecule has 0 aliphatic carbocycles. The van der Waals surface area contributed by atoms with Crippen LogP contribution in [0.2, 0.25) is 0 Å². The molecule has 0 aromatic carbocycles. The van der Waals surface area contributed by atoms with Gasteiger partial charge in [-0.2, -0.15) is 4.31 Å². The van der Waals surface area contributed by atoms with Crippen molar-refractivity contribution in [3.05, 3.63) is 24.5 Å². The number of hydrogen-bond acceptors (Lipinski definition) is 4. The normalized spacial score (nSPS) is 25.4. The number of nitrogens with one attached hydrogen (secondary N) is 1. The number of pyridine rings is 1. The molecule has 2 heterocycles. The second kappa shape index (κ2) is 5.97. The molecule has 7 heteroatoms. The summed E-state index contributed by atoms with van der Waals surface area (Å²) in [6.45, 7) is 5.07. The second-order valence-electron chi connectivity index (χ2n) is 4.42. The fourth-order valence-electron chi connectivity index (χ4n) is 1.96. The summed E-state index contributed by atoms with van der Waals surface area (Å²) in [5, 5.41) is 3.26. The van der Waals surface area contributed by atoms with Gasteiger partial charge < -0.3 is 5.32 Å². The van der Waals surface area contributed by atoms with Gasteiger partial charge in [0.25, 0.3) is 0 Å². The molecule has 1 aliphatic rings. The van der Waals surface area contributed by atoms with E-state index < -0.39 is 10.0 Å². The Morgan fingerprint density at radius 3 is 2.78 bits per heavy atom. The molecule has 1 aromatic rings. The molecule has 0 radical (unpaired) electrons. The van der Waals surface area contributed by atoms with Crippen molar-refractivity contribution in [3.63, 3.8) is 0 Å². The third kappa shape index (κ3) is 3.00. The molecule has 1 N–H and O–H groups in total. The minimum Gasteiger partial charge on any atom is -0.311 e. The maximum absolute atomic E-state index is 12.4. The van der Waals surface area contributed by atoms with Crippen molar-refractivity contribution in [2.75, 3.05) is 13.1 Å². The zero-order chi connectivity index (χ0) is 12.5. The van der Waals surface area contributed by atoms with Crippen molar-refractivity contribution < 1.29 is 8.42 Å². The van der Waals surface area contributed by atoms with Crippen LogP contribution in [0.4, 0.5) is 0 Å². The lowest BCUT2D eigenvalue weighted by Gasteiger charge is -2.36. The quantitative estimate of drug-likeness (QED) is 0.878. The zero-order valence-corrected chi connectivity index (χ0v) is 12.0. The van der Waals surface area contributed by atoms with Crippen LogP contribution in [0.15, 0.2) is 29.4 Å². The maximum atomic E-state index is 12.4. The monoisotopic (exact) mass is 291 g/mol. The van der Waals surface area contributed by atoms with Crippen LogP contribution in [0.3, 0.4) is 0 Å². The van der Waals surface area contributed by atoms with E-state index in [1.54, 1.807) is 22.6 Å². The van der Waals surface area contributed by atoms with Crippen LogP contribution in [0.1, 0.15) is 13.8 Å². The van der Waals surface area contributed by atoms with E-state index in [0.717, 1.165) is 0 Å². The van der Waals surface area contributed by atoms with Crippen LogP contribution in [0.25, 0.3) is 0 Å². The Morgan fingerprint density at radius 2 is 2.17 bits per heavy atom. The Labute approximate surface area is 114 Å². The molecule has 1 aliphatic heterocycles. The van der Waals surface area contributed by atoms with Gasteiger partial charge in [0.2, 0.25) is 10.0 Å². The Balaban J connectivity index is 0.00000162. The average molecular weight is 292 g/mol. The summed E-state index contributed by atoms with van der Waals surface area (Å²) in [7, 11) is -3.41. The van der Waals surface area contributed by atoms with Crippen molar-refractivity contribution in [1.82, 2.24) is 14.6 Å². The highest BCUT2D eigenvalue weighted by Gasteiger charge is 2.33. The van der Waals surface area contributed by atoms with Crippen LogP contribution < -0.4 is 5.32 Å². The molecule has 0 spiro atoms. The van der Waals surface area contributed by atoms with E-state index in [-0.39, 0.29) is 29.4 Å². The first-order valence-corrected chi connectivity index (χ1v) is 7.11. The average Bonchev–Trinajstić information content (AvgIpc) is 2.33. The fraction of sp³-hybridized carbons (Fsp3) is 0.545. The molecule has 1 aromatic heterocycles. The minimum absolute atomic E-state index is 0. The lowest BCUT2D eigenvalue weighted by atomic mass is 10.2. The van der Waals surface area contributed by atoms with Gasteiger partial charge in [-0.1, -0.05) is 0 Å². The number of halogens is 1. The summed E-state index contributed by atoms with van der Waals surface area (Å²) in [4.78, 5) is 4.13. The van der Waals surface area contributed by atoms with Gasteiger partial charge in [0.15, 0.2) is 0 Å². The minimum atomic E-state index is -3.41. The van der Waals surface area contributed by atoms with Crippen LogP contribution in [-0.2, 0) is 10.0 Å². The summed E-state index contributed by atoms with van der Waals surface area (Å²) in [6.07, 6.45) is 2.97. The van der Waals surface area contributed by atoms with E-state index in [9.17, 15) is 8.42 Å². The van der Waals surface area contributed by atoms with Gasteiger partial charge in [-0.15, -0.1) is 12.4 Å². The molecule has 0 bridgehead atoms. The Bertz CT molecular complexity index is 480. The SMILES string of the molecule is CC1CN(S(=O)(=O)c2cccnc2)C(C)CN1.Cl. The number of aromatic nitrogens is 1. The highest BCUT2D eigenvalue weighted by atomic mass is 35.5. The lowest BCUT2D eigenvalue weighted by molar-refractivity contribution is 0.244. The second-order valence-corrected chi connectivity index (χ2v) is 6.31. The Kier molecular flexibility index (Phi) is 5.10. The van der Waals surface area contributed by atoms with Crippen molar-refractivity contribution >= 4 is 22.4 Å². The van der Waals surface area contributed by atoms with Gasteiger partial charge >= 0.3 is 0 Å². The van der Waals surface area contributed by atoms with Crippen LogP contribution in [0, 0.1) is 0 Å². The van der Waals surface area contributed by atoms with Gasteiger partial charge in [0.05, 0.1) is 0 Å². The lowest BCUT2D eigenvalue weighted by Crippen LogP contribution is -2.56. The molecule has 2 atom stereocenters. The number of nitrogens with zero attached hydrogens (tertiary/aromatic N) is 2. The summed E-state index contributed by atoms with van der Waals surface area (Å²) in [6, 6.07) is 3.37. The highest BCUT2D eigenvalue weighted by molar-refractivity contribution is 7.89. The van der Waals surface area contributed by atoms with E-state index in [4.69, 9.17) is 0 Å². The standard InChI is InChI=1S/C11H17N3O2S.ClH/c1-9-8-14(10(2)6-13-9)17(15,16)11-4-3-5-12-7-11;/h3-5,7,9-10,13H,6,8H2,1-2H3;1H. The predicted molar refractivity (Wildman–Crippen MR) is 72.3 cm³/mol. The molecule has 2 rings (SSSR count). The van der Waals surface area contributed by atoms with Crippen molar-refractivity contribution in [2.45, 2.75) is 30.8 Å². The summed E-state index contributed by atoms with van der Waals surface area (Å²) in [5.74, 6) is 0. The van der Waals surface area contributed by atoms with Crippen molar-refractivity contribution in [3.8, 4) is 0 Å². The van der Waals surface area contributed by atoms with Crippen LogP contribution in [0.5, 0.6) is 0 Å².